The van der Waals surface area contributed by atoms with E-state index in [2.05, 4.69) is 5.32 Å². The Hall–Kier alpha value is -1.30. The predicted molar refractivity (Wildman–Crippen MR) is 82.5 cm³/mol. The summed E-state index contributed by atoms with van der Waals surface area (Å²) in [5, 5.41) is 3.30. The Morgan fingerprint density at radius 2 is 2.09 bits per heavy atom. The topological polar surface area (TPSA) is 67.9 Å². The number of esters is 1. The summed E-state index contributed by atoms with van der Waals surface area (Å²) >= 11 is 0. The van der Waals surface area contributed by atoms with Crippen molar-refractivity contribution in [3.05, 3.63) is 0 Å². The number of hydrogen-bond donors (Lipinski definition) is 1. The first-order valence-electron chi connectivity index (χ1n) is 8.13. The van der Waals surface area contributed by atoms with Crippen molar-refractivity contribution in [1.29, 1.82) is 0 Å². The molecule has 6 heteroatoms. The molecule has 0 radical (unpaired) electrons. The fourth-order valence-electron chi connectivity index (χ4n) is 3.45. The third kappa shape index (κ3) is 3.72. The molecule has 0 bridgehead atoms. The van der Waals surface area contributed by atoms with Crippen LogP contribution in [-0.4, -0.2) is 55.3 Å². The van der Waals surface area contributed by atoms with Gasteiger partial charge in [-0.2, -0.15) is 0 Å². The number of ether oxygens (including phenoxy) is 2. The molecule has 0 aromatic heterocycles. The summed E-state index contributed by atoms with van der Waals surface area (Å²) in [4.78, 5) is 26.3. The number of piperidine rings is 1. The van der Waals surface area contributed by atoms with Crippen LogP contribution >= 0.6 is 0 Å². The number of nitrogens with zero attached hydrogens (tertiary/aromatic N) is 1. The molecular formula is C16H28N2O4. The highest BCUT2D eigenvalue weighted by molar-refractivity contribution is 5.75. The van der Waals surface area contributed by atoms with Crippen molar-refractivity contribution in [2.24, 2.45) is 11.3 Å². The minimum atomic E-state index is -0.504. The normalized spacial score (nSPS) is 28.7. The number of likely N-dealkylation sites (tertiary alicyclic amines) is 1. The fourth-order valence-corrected chi connectivity index (χ4v) is 3.45. The molecule has 0 aromatic carbocycles. The van der Waals surface area contributed by atoms with Crippen molar-refractivity contribution in [3.63, 3.8) is 0 Å². The zero-order valence-electron chi connectivity index (χ0n) is 14.1. The van der Waals surface area contributed by atoms with E-state index in [-0.39, 0.29) is 23.4 Å². The molecule has 1 amide bonds. The van der Waals surface area contributed by atoms with Gasteiger partial charge in [-0.25, -0.2) is 4.79 Å². The lowest BCUT2D eigenvalue weighted by molar-refractivity contribution is -0.152. The van der Waals surface area contributed by atoms with Crippen LogP contribution in [0.2, 0.25) is 0 Å². The zero-order valence-corrected chi connectivity index (χ0v) is 14.1. The molecule has 2 aliphatic rings. The number of hydrogen-bond acceptors (Lipinski definition) is 5. The van der Waals surface area contributed by atoms with Crippen LogP contribution in [0.25, 0.3) is 0 Å². The van der Waals surface area contributed by atoms with Crippen molar-refractivity contribution in [2.45, 2.75) is 46.1 Å². The van der Waals surface area contributed by atoms with Gasteiger partial charge in [0.2, 0.25) is 0 Å². The second-order valence-electron chi connectivity index (χ2n) is 7.30. The Labute approximate surface area is 132 Å². The average Bonchev–Trinajstić information content (AvgIpc) is 2.80. The molecule has 2 rings (SSSR count). The molecule has 6 nitrogen and oxygen atoms in total. The average molecular weight is 312 g/mol. The van der Waals surface area contributed by atoms with E-state index in [9.17, 15) is 9.59 Å². The van der Waals surface area contributed by atoms with Crippen LogP contribution in [0.5, 0.6) is 0 Å². The summed E-state index contributed by atoms with van der Waals surface area (Å²) in [6.45, 7) is 10.4. The Balaban J connectivity index is 2.08. The van der Waals surface area contributed by atoms with E-state index < -0.39 is 5.60 Å². The lowest BCUT2D eigenvalue weighted by Gasteiger charge is -2.42. The maximum Gasteiger partial charge on any atom is 0.410 e. The van der Waals surface area contributed by atoms with Gasteiger partial charge < -0.3 is 19.7 Å². The quantitative estimate of drug-likeness (QED) is 0.787. The Kier molecular flexibility index (Phi) is 5.00. The van der Waals surface area contributed by atoms with Crippen LogP contribution in [0.1, 0.15) is 40.5 Å². The van der Waals surface area contributed by atoms with Crippen LogP contribution in [0, 0.1) is 11.3 Å². The van der Waals surface area contributed by atoms with Crippen LogP contribution < -0.4 is 5.32 Å². The summed E-state index contributed by atoms with van der Waals surface area (Å²) < 4.78 is 10.7. The second-order valence-corrected chi connectivity index (χ2v) is 7.30. The van der Waals surface area contributed by atoms with Crippen molar-refractivity contribution in [2.75, 3.05) is 32.8 Å². The van der Waals surface area contributed by atoms with E-state index in [1.165, 1.54) is 0 Å². The molecule has 2 unspecified atom stereocenters. The largest absolute Gasteiger partial charge is 0.466 e. The van der Waals surface area contributed by atoms with Gasteiger partial charge in [0.1, 0.15) is 5.60 Å². The van der Waals surface area contributed by atoms with Crippen LogP contribution in [-0.2, 0) is 14.3 Å². The predicted octanol–water partition coefficient (Wildman–Crippen LogP) is 1.79. The van der Waals surface area contributed by atoms with Gasteiger partial charge in [0.05, 0.1) is 12.5 Å². The molecule has 2 saturated heterocycles. The molecule has 0 aliphatic carbocycles. The van der Waals surface area contributed by atoms with Gasteiger partial charge in [0.15, 0.2) is 0 Å². The Morgan fingerprint density at radius 1 is 1.36 bits per heavy atom. The lowest BCUT2D eigenvalue weighted by Crippen LogP contribution is -2.52. The first-order chi connectivity index (χ1) is 10.3. The van der Waals surface area contributed by atoms with E-state index in [1.807, 2.05) is 27.7 Å². The highest BCUT2D eigenvalue weighted by Gasteiger charge is 2.50. The molecule has 126 valence electrons. The summed E-state index contributed by atoms with van der Waals surface area (Å²) in [5.41, 5.74) is -0.725. The van der Waals surface area contributed by atoms with Gasteiger partial charge in [-0.15, -0.1) is 0 Å². The van der Waals surface area contributed by atoms with Crippen LogP contribution in [0.3, 0.4) is 0 Å². The molecule has 0 saturated carbocycles. The van der Waals surface area contributed by atoms with E-state index in [0.29, 0.717) is 26.2 Å². The van der Waals surface area contributed by atoms with Crippen molar-refractivity contribution >= 4 is 12.1 Å². The number of nitrogens with one attached hydrogen (secondary N) is 1. The molecular weight excluding hydrogens is 284 g/mol. The standard InChI is InChI=1S/C16H28N2O4/c1-5-21-13(19)12-9-17-10-16(12)7-6-8-18(11-16)14(20)22-15(2,3)4/h12,17H,5-11H2,1-4H3. The molecule has 2 aliphatic heterocycles. The first-order valence-corrected chi connectivity index (χ1v) is 8.13. The third-order valence-corrected chi connectivity index (χ3v) is 4.40. The van der Waals surface area contributed by atoms with E-state index in [0.717, 1.165) is 19.4 Å². The summed E-state index contributed by atoms with van der Waals surface area (Å²) in [6.07, 6.45) is 1.53. The van der Waals surface area contributed by atoms with Gasteiger partial charge in [-0.05, 0) is 40.5 Å². The van der Waals surface area contributed by atoms with Crippen LogP contribution in [0.15, 0.2) is 0 Å². The maximum atomic E-state index is 12.3. The minimum Gasteiger partial charge on any atom is -0.466 e. The molecule has 22 heavy (non-hydrogen) atoms. The van der Waals surface area contributed by atoms with Crippen molar-refractivity contribution in [1.82, 2.24) is 10.2 Å². The highest BCUT2D eigenvalue weighted by atomic mass is 16.6. The summed E-state index contributed by atoms with van der Waals surface area (Å²) in [5.74, 6) is -0.337. The molecule has 2 fully saturated rings. The fraction of sp³-hybridized carbons (Fsp3) is 0.875. The molecule has 1 N–H and O–H groups in total. The third-order valence-electron chi connectivity index (χ3n) is 4.40. The van der Waals surface area contributed by atoms with Gasteiger partial charge in [-0.1, -0.05) is 0 Å². The number of carbonyl (C=O) groups excluding carboxylic acids is 2. The number of amides is 1. The van der Waals surface area contributed by atoms with Gasteiger partial charge in [-0.3, -0.25) is 4.79 Å². The van der Waals surface area contributed by atoms with Crippen molar-refractivity contribution in [3.8, 4) is 0 Å². The van der Waals surface area contributed by atoms with E-state index in [1.54, 1.807) is 4.90 Å². The minimum absolute atomic E-state index is 0.154. The van der Waals surface area contributed by atoms with Crippen molar-refractivity contribution < 1.29 is 19.1 Å². The summed E-state index contributed by atoms with van der Waals surface area (Å²) in [6, 6.07) is 0. The highest BCUT2D eigenvalue weighted by Crippen LogP contribution is 2.41. The van der Waals surface area contributed by atoms with Gasteiger partial charge in [0, 0.05) is 31.6 Å². The van der Waals surface area contributed by atoms with Crippen LogP contribution in [0.4, 0.5) is 4.79 Å². The zero-order chi connectivity index (χ0) is 16.4. The summed E-state index contributed by atoms with van der Waals surface area (Å²) in [7, 11) is 0. The smallest absolute Gasteiger partial charge is 0.410 e. The van der Waals surface area contributed by atoms with Gasteiger partial charge >= 0.3 is 12.1 Å². The number of carbonyl (C=O) groups is 2. The second kappa shape index (κ2) is 6.44. The molecule has 0 aromatic rings. The lowest BCUT2D eigenvalue weighted by atomic mass is 9.72. The molecule has 2 atom stereocenters. The Bertz CT molecular complexity index is 432. The first kappa shape index (κ1) is 17.1. The molecule has 1 spiro atoms. The number of rotatable bonds is 2. The molecule has 2 heterocycles. The maximum absolute atomic E-state index is 12.3. The van der Waals surface area contributed by atoms with E-state index >= 15 is 0 Å². The monoisotopic (exact) mass is 312 g/mol. The van der Waals surface area contributed by atoms with E-state index in [4.69, 9.17) is 9.47 Å². The SMILES string of the molecule is CCOC(=O)C1CNCC12CCCN(C(=O)OC(C)(C)C)C2. The van der Waals surface area contributed by atoms with Gasteiger partial charge in [0.25, 0.3) is 0 Å². The Morgan fingerprint density at radius 3 is 2.73 bits per heavy atom.